The van der Waals surface area contributed by atoms with Crippen LogP contribution in [0, 0.1) is 6.92 Å². The number of halogens is 2. The second-order valence-electron chi connectivity index (χ2n) is 4.60. The van der Waals surface area contributed by atoms with Gasteiger partial charge in [0.25, 0.3) is 5.91 Å². The molecule has 0 aliphatic heterocycles. The molecule has 3 nitrogen and oxygen atoms in total. The molecule has 0 bridgehead atoms. The summed E-state index contributed by atoms with van der Waals surface area (Å²) in [7, 11) is 1.77. The number of benzene rings is 1. The smallest absolute Gasteiger partial charge is 0.263 e. The molecule has 0 unspecified atom stereocenters. The van der Waals surface area contributed by atoms with Crippen molar-refractivity contribution in [3.63, 3.8) is 0 Å². The van der Waals surface area contributed by atoms with E-state index in [2.05, 4.69) is 15.9 Å². The zero-order valence-electron chi connectivity index (χ0n) is 11.7. The number of rotatable bonds is 5. The first-order valence-electron chi connectivity index (χ1n) is 6.37. The Bertz CT molecular complexity index is 608. The lowest BCUT2D eigenvalue weighted by atomic mass is 10.3. The summed E-state index contributed by atoms with van der Waals surface area (Å²) in [5.74, 6) is 0.753. The molecular weight excluding hydrogens is 374 g/mol. The summed E-state index contributed by atoms with van der Waals surface area (Å²) >= 11 is 10.7. The Hall–Kier alpha value is -1.04. The number of carbonyl (C=O) groups is 1. The van der Waals surface area contributed by atoms with Crippen molar-refractivity contribution < 1.29 is 9.53 Å². The van der Waals surface area contributed by atoms with E-state index in [0.717, 1.165) is 20.0 Å². The number of nitrogens with zero attached hydrogens (tertiary/aromatic N) is 1. The van der Waals surface area contributed by atoms with Crippen LogP contribution >= 0.6 is 38.9 Å². The fourth-order valence-electron chi connectivity index (χ4n) is 1.69. The lowest BCUT2D eigenvalue weighted by Gasteiger charge is -2.16. The zero-order chi connectivity index (χ0) is 15.4. The lowest BCUT2D eigenvalue weighted by Crippen LogP contribution is -2.30. The summed E-state index contributed by atoms with van der Waals surface area (Å²) in [4.78, 5) is 14.6. The van der Waals surface area contributed by atoms with Crippen molar-refractivity contribution in [3.8, 4) is 5.75 Å². The molecule has 1 amide bonds. The average molecular weight is 389 g/mol. The van der Waals surface area contributed by atoms with E-state index in [0.29, 0.717) is 18.2 Å². The van der Waals surface area contributed by atoms with Gasteiger partial charge in [-0.25, -0.2) is 0 Å². The number of ether oxygens (including phenoxy) is 1. The molecule has 0 saturated heterocycles. The lowest BCUT2D eigenvalue weighted by molar-refractivity contribution is 0.0778. The molecule has 2 aromatic rings. The molecule has 1 aromatic carbocycles. The Morgan fingerprint density at radius 2 is 2.05 bits per heavy atom. The van der Waals surface area contributed by atoms with E-state index < -0.39 is 0 Å². The minimum absolute atomic E-state index is 0.00788. The van der Waals surface area contributed by atoms with E-state index in [4.69, 9.17) is 16.3 Å². The SMILES string of the molecule is Cc1cc(C(=O)N(C)CCOc2ccc(Cl)cc2)sc1Br. The fourth-order valence-corrected chi connectivity index (χ4v) is 3.34. The third kappa shape index (κ3) is 4.46. The Balaban J connectivity index is 1.85. The van der Waals surface area contributed by atoms with Gasteiger partial charge < -0.3 is 9.64 Å². The van der Waals surface area contributed by atoms with Crippen LogP contribution in [-0.4, -0.2) is 31.0 Å². The molecule has 0 N–H and O–H groups in total. The normalized spacial score (nSPS) is 10.5. The van der Waals surface area contributed by atoms with Gasteiger partial charge in [0.15, 0.2) is 0 Å². The summed E-state index contributed by atoms with van der Waals surface area (Å²) in [6.07, 6.45) is 0. The van der Waals surface area contributed by atoms with E-state index >= 15 is 0 Å². The van der Waals surface area contributed by atoms with Gasteiger partial charge in [-0.15, -0.1) is 11.3 Å². The molecule has 0 saturated carbocycles. The largest absolute Gasteiger partial charge is 0.492 e. The minimum Gasteiger partial charge on any atom is -0.492 e. The van der Waals surface area contributed by atoms with Crippen LogP contribution < -0.4 is 4.74 Å². The molecule has 2 rings (SSSR count). The Morgan fingerprint density at radius 3 is 2.62 bits per heavy atom. The van der Waals surface area contributed by atoms with E-state index in [1.807, 2.05) is 25.1 Å². The van der Waals surface area contributed by atoms with Crippen molar-refractivity contribution in [1.29, 1.82) is 0 Å². The molecule has 21 heavy (non-hydrogen) atoms. The van der Waals surface area contributed by atoms with Crippen molar-refractivity contribution in [2.75, 3.05) is 20.2 Å². The summed E-state index contributed by atoms with van der Waals surface area (Å²) in [6.45, 7) is 2.94. The molecule has 0 aliphatic rings. The predicted octanol–water partition coefficient (Wildman–Crippen LogP) is 4.62. The number of aryl methyl sites for hydroxylation is 1. The van der Waals surface area contributed by atoms with Crippen LogP contribution in [-0.2, 0) is 0 Å². The third-order valence-corrected chi connectivity index (χ3v) is 5.30. The molecule has 0 fully saturated rings. The van der Waals surface area contributed by atoms with Gasteiger partial charge >= 0.3 is 0 Å². The van der Waals surface area contributed by atoms with Crippen molar-refractivity contribution in [3.05, 3.63) is 49.6 Å². The van der Waals surface area contributed by atoms with Gasteiger partial charge in [-0.1, -0.05) is 11.6 Å². The first-order chi connectivity index (χ1) is 9.97. The van der Waals surface area contributed by atoms with Crippen molar-refractivity contribution in [2.24, 2.45) is 0 Å². The minimum atomic E-state index is 0.00788. The van der Waals surface area contributed by atoms with Gasteiger partial charge in [0.1, 0.15) is 12.4 Å². The maximum atomic E-state index is 12.2. The van der Waals surface area contributed by atoms with Crippen LogP contribution in [0.3, 0.4) is 0 Å². The van der Waals surface area contributed by atoms with Crippen LogP contribution in [0.25, 0.3) is 0 Å². The number of carbonyl (C=O) groups excluding carboxylic acids is 1. The number of hydrogen-bond acceptors (Lipinski definition) is 3. The van der Waals surface area contributed by atoms with Crippen LogP contribution in [0.15, 0.2) is 34.1 Å². The second-order valence-corrected chi connectivity index (χ2v) is 7.40. The molecule has 0 atom stereocenters. The van der Waals surface area contributed by atoms with Crippen LogP contribution in [0.5, 0.6) is 5.75 Å². The van der Waals surface area contributed by atoms with E-state index in [-0.39, 0.29) is 5.91 Å². The maximum Gasteiger partial charge on any atom is 0.263 e. The monoisotopic (exact) mass is 387 g/mol. The highest BCUT2D eigenvalue weighted by Gasteiger charge is 2.15. The van der Waals surface area contributed by atoms with Crippen LogP contribution in [0.2, 0.25) is 5.02 Å². The number of likely N-dealkylation sites (N-methyl/N-ethyl adjacent to an activating group) is 1. The topological polar surface area (TPSA) is 29.5 Å². The number of amides is 1. The van der Waals surface area contributed by atoms with Gasteiger partial charge in [0.05, 0.1) is 15.2 Å². The van der Waals surface area contributed by atoms with Crippen LogP contribution in [0.4, 0.5) is 0 Å². The first-order valence-corrected chi connectivity index (χ1v) is 8.36. The first kappa shape index (κ1) is 16.3. The highest BCUT2D eigenvalue weighted by atomic mass is 79.9. The van der Waals surface area contributed by atoms with Crippen molar-refractivity contribution in [1.82, 2.24) is 4.90 Å². The molecular formula is C15H15BrClNO2S. The molecule has 1 heterocycles. The maximum absolute atomic E-state index is 12.2. The average Bonchev–Trinajstić information content (AvgIpc) is 2.80. The third-order valence-electron chi connectivity index (χ3n) is 2.92. The Kier molecular flexibility index (Phi) is 5.67. The number of thiophene rings is 1. The summed E-state index contributed by atoms with van der Waals surface area (Å²) < 4.78 is 6.59. The van der Waals surface area contributed by atoms with E-state index in [1.165, 1.54) is 11.3 Å². The Labute approximate surface area is 141 Å². The molecule has 1 aromatic heterocycles. The van der Waals surface area contributed by atoms with Gasteiger partial charge in [-0.2, -0.15) is 0 Å². The highest BCUT2D eigenvalue weighted by Crippen LogP contribution is 2.28. The summed E-state index contributed by atoms with van der Waals surface area (Å²) in [5, 5.41) is 0.674. The van der Waals surface area contributed by atoms with Gasteiger partial charge in [0.2, 0.25) is 0 Å². The Morgan fingerprint density at radius 1 is 1.38 bits per heavy atom. The summed E-state index contributed by atoms with van der Waals surface area (Å²) in [6, 6.07) is 9.07. The molecule has 112 valence electrons. The quantitative estimate of drug-likeness (QED) is 0.748. The molecule has 0 aliphatic carbocycles. The molecule has 0 spiro atoms. The van der Waals surface area contributed by atoms with E-state index in [1.54, 1.807) is 24.1 Å². The van der Waals surface area contributed by atoms with Crippen LogP contribution in [0.1, 0.15) is 15.2 Å². The summed E-state index contributed by atoms with van der Waals surface area (Å²) in [5.41, 5.74) is 1.08. The van der Waals surface area contributed by atoms with Gasteiger partial charge in [-0.05, 0) is 58.7 Å². The standard InChI is InChI=1S/C15H15BrClNO2S/c1-10-9-13(21-14(10)16)15(19)18(2)7-8-20-12-5-3-11(17)4-6-12/h3-6,9H,7-8H2,1-2H3. The predicted molar refractivity (Wildman–Crippen MR) is 90.7 cm³/mol. The molecule has 0 radical (unpaired) electrons. The van der Waals surface area contributed by atoms with Crippen molar-refractivity contribution >= 4 is 44.8 Å². The highest BCUT2D eigenvalue weighted by molar-refractivity contribution is 9.11. The second kappa shape index (κ2) is 7.29. The molecule has 6 heteroatoms. The number of hydrogen-bond donors (Lipinski definition) is 0. The van der Waals surface area contributed by atoms with Gasteiger partial charge in [0, 0.05) is 12.1 Å². The fraction of sp³-hybridized carbons (Fsp3) is 0.267. The van der Waals surface area contributed by atoms with Crippen molar-refractivity contribution in [2.45, 2.75) is 6.92 Å². The zero-order valence-corrected chi connectivity index (χ0v) is 14.9. The van der Waals surface area contributed by atoms with Gasteiger partial charge in [-0.3, -0.25) is 4.79 Å². The van der Waals surface area contributed by atoms with E-state index in [9.17, 15) is 4.79 Å².